The van der Waals surface area contributed by atoms with Crippen LogP contribution in [0.2, 0.25) is 0 Å². The Morgan fingerprint density at radius 1 is 1.00 bits per heavy atom. The Morgan fingerprint density at radius 2 is 1.74 bits per heavy atom. The van der Waals surface area contributed by atoms with Crippen molar-refractivity contribution in [2.24, 2.45) is 0 Å². The number of benzene rings is 2. The molecule has 140 valence electrons. The molecule has 1 fully saturated rings. The highest BCUT2D eigenvalue weighted by atomic mass is 16.5. The summed E-state index contributed by atoms with van der Waals surface area (Å²) in [6.07, 6.45) is 3.73. The topological polar surface area (TPSA) is 49.8 Å². The maximum Gasteiger partial charge on any atom is 0.167 e. The van der Waals surface area contributed by atoms with Gasteiger partial charge in [0.25, 0.3) is 0 Å². The molecule has 2 aromatic carbocycles. The monoisotopic (exact) mass is 363 g/mol. The van der Waals surface area contributed by atoms with E-state index in [9.17, 15) is 9.90 Å². The zero-order valence-corrected chi connectivity index (χ0v) is 15.5. The highest BCUT2D eigenvalue weighted by Crippen LogP contribution is 2.33. The zero-order chi connectivity index (χ0) is 18.6. The van der Waals surface area contributed by atoms with Gasteiger partial charge in [0.05, 0.1) is 5.57 Å². The molecule has 2 aromatic rings. The number of ether oxygens (including phenoxy) is 1. The van der Waals surface area contributed by atoms with Crippen LogP contribution in [-0.2, 0) is 11.2 Å². The lowest BCUT2D eigenvalue weighted by atomic mass is 9.85. The SMILES string of the molecule is O=C1CCc2ccccc2/C1=C(\O)c1ccc(OCCN2CCCC2)cc1. The number of rotatable bonds is 5. The summed E-state index contributed by atoms with van der Waals surface area (Å²) < 4.78 is 5.82. The van der Waals surface area contributed by atoms with E-state index in [2.05, 4.69) is 4.90 Å². The van der Waals surface area contributed by atoms with E-state index in [4.69, 9.17) is 4.74 Å². The van der Waals surface area contributed by atoms with Crippen molar-refractivity contribution in [2.45, 2.75) is 25.7 Å². The molecule has 4 heteroatoms. The van der Waals surface area contributed by atoms with Gasteiger partial charge < -0.3 is 9.84 Å². The molecular formula is C23H25NO3. The number of aliphatic hydroxyl groups excluding tert-OH is 1. The van der Waals surface area contributed by atoms with Crippen molar-refractivity contribution < 1.29 is 14.6 Å². The number of carbonyl (C=O) groups excluding carboxylic acids is 1. The molecule has 0 amide bonds. The van der Waals surface area contributed by atoms with Crippen molar-refractivity contribution in [3.05, 3.63) is 65.2 Å². The third-order valence-corrected chi connectivity index (χ3v) is 5.43. The Labute approximate surface area is 160 Å². The molecule has 1 aliphatic heterocycles. The molecule has 0 unspecified atom stereocenters. The first-order valence-corrected chi connectivity index (χ1v) is 9.73. The minimum absolute atomic E-state index is 0.00265. The lowest BCUT2D eigenvalue weighted by Gasteiger charge is -2.19. The number of carbonyl (C=O) groups is 1. The van der Waals surface area contributed by atoms with Crippen molar-refractivity contribution >= 4 is 17.1 Å². The standard InChI is InChI=1S/C23H25NO3/c25-21-12-9-17-5-1-2-6-20(17)22(21)23(26)18-7-10-19(11-8-18)27-16-15-24-13-3-4-14-24/h1-2,5-8,10-11,26H,3-4,9,12-16H2/b23-22+. The second-order valence-electron chi connectivity index (χ2n) is 7.23. The van der Waals surface area contributed by atoms with Gasteiger partial charge in [0.15, 0.2) is 5.78 Å². The molecule has 0 atom stereocenters. The third kappa shape index (κ3) is 3.91. The van der Waals surface area contributed by atoms with E-state index >= 15 is 0 Å². The third-order valence-electron chi connectivity index (χ3n) is 5.43. The summed E-state index contributed by atoms with van der Waals surface area (Å²) in [5.74, 6) is 0.832. The fourth-order valence-electron chi connectivity index (χ4n) is 3.92. The number of likely N-dealkylation sites (tertiary alicyclic amines) is 1. The van der Waals surface area contributed by atoms with Gasteiger partial charge in [-0.1, -0.05) is 24.3 Å². The van der Waals surface area contributed by atoms with Gasteiger partial charge >= 0.3 is 0 Å². The first-order chi connectivity index (χ1) is 13.2. The second-order valence-corrected chi connectivity index (χ2v) is 7.23. The Hall–Kier alpha value is -2.59. The lowest BCUT2D eigenvalue weighted by molar-refractivity contribution is -0.113. The second kappa shape index (κ2) is 7.97. The van der Waals surface area contributed by atoms with E-state index in [1.165, 1.54) is 25.9 Å². The van der Waals surface area contributed by atoms with Crippen LogP contribution in [0.4, 0.5) is 0 Å². The predicted octanol–water partition coefficient (Wildman–Crippen LogP) is 4.10. The number of Topliss-reactive ketones (excluding diaryl/α,β-unsaturated/α-hetero) is 1. The Balaban J connectivity index is 1.49. The van der Waals surface area contributed by atoms with Gasteiger partial charge in [-0.05, 0) is 67.7 Å². The van der Waals surface area contributed by atoms with Gasteiger partial charge in [0.1, 0.15) is 18.1 Å². The average Bonchev–Trinajstić information content (AvgIpc) is 3.21. The fraction of sp³-hybridized carbons (Fsp3) is 0.348. The summed E-state index contributed by atoms with van der Waals surface area (Å²) >= 11 is 0. The molecule has 1 saturated heterocycles. The summed E-state index contributed by atoms with van der Waals surface area (Å²) in [4.78, 5) is 14.9. The maximum absolute atomic E-state index is 12.5. The van der Waals surface area contributed by atoms with E-state index in [1.807, 2.05) is 48.5 Å². The van der Waals surface area contributed by atoms with Gasteiger partial charge in [0.2, 0.25) is 0 Å². The molecule has 4 nitrogen and oxygen atoms in total. The molecule has 0 aromatic heterocycles. The van der Waals surface area contributed by atoms with Gasteiger partial charge in [-0.3, -0.25) is 9.69 Å². The number of nitrogens with zero attached hydrogens (tertiary/aromatic N) is 1. The Morgan fingerprint density at radius 3 is 2.52 bits per heavy atom. The highest BCUT2D eigenvalue weighted by Gasteiger charge is 2.25. The smallest absolute Gasteiger partial charge is 0.167 e. The number of allylic oxidation sites excluding steroid dienone is 1. The van der Waals surface area contributed by atoms with Crippen molar-refractivity contribution in [2.75, 3.05) is 26.2 Å². The van der Waals surface area contributed by atoms with E-state index in [0.717, 1.165) is 29.8 Å². The fourth-order valence-corrected chi connectivity index (χ4v) is 3.92. The van der Waals surface area contributed by atoms with Crippen molar-refractivity contribution in [1.29, 1.82) is 0 Å². The predicted molar refractivity (Wildman–Crippen MR) is 107 cm³/mol. The normalized spacial score (nSPS) is 19.0. The molecule has 0 bridgehead atoms. The van der Waals surface area contributed by atoms with Crippen LogP contribution in [0, 0.1) is 0 Å². The van der Waals surface area contributed by atoms with Crippen molar-refractivity contribution in [3.8, 4) is 5.75 Å². The van der Waals surface area contributed by atoms with Crippen LogP contribution in [0.3, 0.4) is 0 Å². The summed E-state index contributed by atoms with van der Waals surface area (Å²) in [6, 6.07) is 15.2. The van der Waals surface area contributed by atoms with Crippen LogP contribution < -0.4 is 4.74 Å². The van der Waals surface area contributed by atoms with Gasteiger partial charge in [0, 0.05) is 18.5 Å². The molecule has 2 aliphatic rings. The first-order valence-electron chi connectivity index (χ1n) is 9.73. The summed E-state index contributed by atoms with van der Waals surface area (Å²) in [7, 11) is 0. The van der Waals surface area contributed by atoms with Gasteiger partial charge in [-0.15, -0.1) is 0 Å². The molecular weight excluding hydrogens is 338 g/mol. The number of aliphatic hydroxyl groups is 1. The number of aryl methyl sites for hydroxylation is 1. The van der Waals surface area contributed by atoms with E-state index in [0.29, 0.717) is 24.2 Å². The minimum Gasteiger partial charge on any atom is -0.507 e. The molecule has 0 spiro atoms. The minimum atomic E-state index is -0.00265. The zero-order valence-electron chi connectivity index (χ0n) is 15.5. The van der Waals surface area contributed by atoms with Crippen LogP contribution >= 0.6 is 0 Å². The van der Waals surface area contributed by atoms with E-state index in [-0.39, 0.29) is 11.5 Å². The van der Waals surface area contributed by atoms with Crippen LogP contribution in [-0.4, -0.2) is 42.0 Å². The van der Waals surface area contributed by atoms with Gasteiger partial charge in [-0.25, -0.2) is 0 Å². The van der Waals surface area contributed by atoms with Crippen LogP contribution in [0.5, 0.6) is 5.75 Å². The van der Waals surface area contributed by atoms with Gasteiger partial charge in [-0.2, -0.15) is 0 Å². The van der Waals surface area contributed by atoms with Crippen LogP contribution in [0.25, 0.3) is 11.3 Å². The Bertz CT molecular complexity index is 848. The average molecular weight is 363 g/mol. The van der Waals surface area contributed by atoms with E-state index in [1.54, 1.807) is 0 Å². The molecule has 1 aliphatic carbocycles. The lowest BCUT2D eigenvalue weighted by Crippen LogP contribution is -2.25. The largest absolute Gasteiger partial charge is 0.507 e. The quantitative estimate of drug-likeness (QED) is 0.642. The molecule has 0 radical (unpaired) electrons. The van der Waals surface area contributed by atoms with E-state index < -0.39 is 0 Å². The number of ketones is 1. The maximum atomic E-state index is 12.5. The first kappa shape index (κ1) is 17.8. The summed E-state index contributed by atoms with van der Waals surface area (Å²) in [6.45, 7) is 3.94. The number of hydrogen-bond acceptors (Lipinski definition) is 4. The summed E-state index contributed by atoms with van der Waals surface area (Å²) in [5.41, 5.74) is 3.03. The molecule has 4 rings (SSSR count). The highest BCUT2D eigenvalue weighted by molar-refractivity contribution is 6.28. The molecule has 1 heterocycles. The van der Waals surface area contributed by atoms with Crippen molar-refractivity contribution in [1.82, 2.24) is 4.90 Å². The van der Waals surface area contributed by atoms with Crippen LogP contribution in [0.15, 0.2) is 48.5 Å². The Kier molecular flexibility index (Phi) is 5.26. The summed E-state index contributed by atoms with van der Waals surface area (Å²) in [5, 5.41) is 10.8. The molecule has 1 N–H and O–H groups in total. The van der Waals surface area contributed by atoms with Crippen molar-refractivity contribution in [3.63, 3.8) is 0 Å². The molecule has 27 heavy (non-hydrogen) atoms. The number of hydrogen-bond donors (Lipinski definition) is 1. The number of fused-ring (bicyclic) bond motifs is 1. The van der Waals surface area contributed by atoms with Crippen LogP contribution in [0.1, 0.15) is 36.0 Å². The molecule has 0 saturated carbocycles.